The number of carboxylic acids is 1. The first-order valence-corrected chi connectivity index (χ1v) is 10.0. The lowest BCUT2D eigenvalue weighted by Crippen LogP contribution is -2.44. The molecular weight excluding hydrogens is 414 g/mol. The molecule has 0 bridgehead atoms. The number of aliphatic carboxylic acids is 1. The molecule has 0 saturated carbocycles. The molecule has 0 spiro atoms. The van der Waals surface area contributed by atoms with E-state index in [1.54, 1.807) is 76.3 Å². The van der Waals surface area contributed by atoms with E-state index in [9.17, 15) is 24.3 Å². The minimum Gasteiger partial charge on any atom is -0.480 e. The summed E-state index contributed by atoms with van der Waals surface area (Å²) in [5.41, 5.74) is -0.190. The number of hydrogen-bond acceptors (Lipinski definition) is 5. The van der Waals surface area contributed by atoms with Crippen molar-refractivity contribution in [2.75, 3.05) is 0 Å². The Morgan fingerprint density at radius 1 is 1.06 bits per heavy atom. The molecule has 0 saturated heterocycles. The van der Waals surface area contributed by atoms with Crippen LogP contribution in [-0.2, 0) is 23.0 Å². The van der Waals surface area contributed by atoms with Crippen LogP contribution in [0.25, 0.3) is 16.6 Å². The normalized spacial score (nSPS) is 12.4. The molecule has 3 aromatic rings. The van der Waals surface area contributed by atoms with Crippen molar-refractivity contribution >= 4 is 23.0 Å². The number of benzene rings is 2. The fraction of sp³-hybridized carbons (Fsp3) is 0.304. The molecule has 1 amide bonds. The van der Waals surface area contributed by atoms with Crippen LogP contribution < -0.4 is 16.6 Å². The Morgan fingerprint density at radius 2 is 1.69 bits per heavy atom. The summed E-state index contributed by atoms with van der Waals surface area (Å²) in [6.45, 7) is 5.04. The summed E-state index contributed by atoms with van der Waals surface area (Å²) in [7, 11) is 1.59. The Morgan fingerprint density at radius 3 is 2.28 bits per heavy atom. The lowest BCUT2D eigenvalue weighted by Gasteiger charge is -2.22. The van der Waals surface area contributed by atoms with E-state index >= 15 is 0 Å². The highest BCUT2D eigenvalue weighted by molar-refractivity contribution is 5.80. The molecule has 9 nitrogen and oxygen atoms in total. The molecule has 0 aliphatic rings. The van der Waals surface area contributed by atoms with Crippen LogP contribution in [0, 0.1) is 0 Å². The largest absolute Gasteiger partial charge is 0.480 e. The number of carbonyl (C=O) groups excluding carboxylic acids is 1. The van der Waals surface area contributed by atoms with E-state index in [2.05, 4.69) is 5.32 Å². The molecule has 0 fully saturated rings. The lowest BCUT2D eigenvalue weighted by molar-refractivity contribution is -0.139. The van der Waals surface area contributed by atoms with Crippen LogP contribution in [-0.4, -0.2) is 37.9 Å². The van der Waals surface area contributed by atoms with Crippen LogP contribution in [0.4, 0.5) is 4.79 Å². The van der Waals surface area contributed by atoms with E-state index in [4.69, 9.17) is 4.74 Å². The van der Waals surface area contributed by atoms with Gasteiger partial charge in [-0.3, -0.25) is 9.36 Å². The molecule has 0 aliphatic carbocycles. The predicted molar refractivity (Wildman–Crippen MR) is 119 cm³/mol. The second-order valence-corrected chi connectivity index (χ2v) is 8.41. The monoisotopic (exact) mass is 439 g/mol. The van der Waals surface area contributed by atoms with E-state index < -0.39 is 35.0 Å². The Balaban J connectivity index is 1.88. The number of nitrogens with zero attached hydrogens (tertiary/aromatic N) is 2. The second kappa shape index (κ2) is 8.70. The van der Waals surface area contributed by atoms with Crippen LogP contribution in [0.3, 0.4) is 0 Å². The van der Waals surface area contributed by atoms with Crippen LogP contribution in [0.15, 0.2) is 58.1 Å². The van der Waals surface area contributed by atoms with Crippen molar-refractivity contribution in [3.63, 3.8) is 0 Å². The maximum absolute atomic E-state index is 12.9. The molecule has 9 heteroatoms. The number of alkyl carbamates (subject to hydrolysis) is 1. The van der Waals surface area contributed by atoms with Gasteiger partial charge in [0.1, 0.15) is 11.6 Å². The maximum Gasteiger partial charge on any atom is 0.408 e. The van der Waals surface area contributed by atoms with Crippen LogP contribution in [0.1, 0.15) is 26.3 Å². The first-order valence-electron chi connectivity index (χ1n) is 10.0. The summed E-state index contributed by atoms with van der Waals surface area (Å²) in [6.07, 6.45) is -0.827. The number of aromatic nitrogens is 2. The third-order valence-electron chi connectivity index (χ3n) is 4.80. The first kappa shape index (κ1) is 22.8. The zero-order valence-electron chi connectivity index (χ0n) is 18.3. The summed E-state index contributed by atoms with van der Waals surface area (Å²) >= 11 is 0. The summed E-state index contributed by atoms with van der Waals surface area (Å²) in [6, 6.07) is 12.0. The van der Waals surface area contributed by atoms with E-state index in [0.717, 1.165) is 4.57 Å². The van der Waals surface area contributed by atoms with E-state index in [1.807, 2.05) is 0 Å². The number of amides is 1. The summed E-state index contributed by atoms with van der Waals surface area (Å²) in [4.78, 5) is 49.2. The molecule has 2 N–H and O–H groups in total. The van der Waals surface area contributed by atoms with Gasteiger partial charge in [-0.15, -0.1) is 0 Å². The summed E-state index contributed by atoms with van der Waals surface area (Å²) in [5.74, 6) is -1.21. The second-order valence-electron chi connectivity index (χ2n) is 8.41. The van der Waals surface area contributed by atoms with E-state index in [0.29, 0.717) is 22.2 Å². The van der Waals surface area contributed by atoms with Gasteiger partial charge < -0.3 is 15.2 Å². The van der Waals surface area contributed by atoms with Gasteiger partial charge in [0.15, 0.2) is 0 Å². The highest BCUT2D eigenvalue weighted by atomic mass is 16.6. The van der Waals surface area contributed by atoms with Crippen molar-refractivity contribution in [2.24, 2.45) is 7.05 Å². The van der Waals surface area contributed by atoms with Crippen LogP contribution in [0.2, 0.25) is 0 Å². The molecule has 168 valence electrons. The van der Waals surface area contributed by atoms with Gasteiger partial charge in [-0.05, 0) is 50.6 Å². The Labute approximate surface area is 183 Å². The topological polar surface area (TPSA) is 120 Å². The highest BCUT2D eigenvalue weighted by Crippen LogP contribution is 2.13. The van der Waals surface area contributed by atoms with Gasteiger partial charge in [-0.1, -0.05) is 24.3 Å². The highest BCUT2D eigenvalue weighted by Gasteiger charge is 2.24. The van der Waals surface area contributed by atoms with Crippen molar-refractivity contribution in [2.45, 2.75) is 38.8 Å². The fourth-order valence-electron chi connectivity index (χ4n) is 3.30. The number of nitrogens with one attached hydrogen (secondary N) is 1. The Hall–Kier alpha value is -3.88. The fourth-order valence-corrected chi connectivity index (χ4v) is 3.30. The molecule has 0 radical (unpaired) electrons. The van der Waals surface area contributed by atoms with Crippen LogP contribution in [0.5, 0.6) is 0 Å². The minimum atomic E-state index is -1.21. The zero-order chi connectivity index (χ0) is 23.6. The van der Waals surface area contributed by atoms with Gasteiger partial charge in [-0.2, -0.15) is 0 Å². The lowest BCUT2D eigenvalue weighted by atomic mass is 10.1. The van der Waals surface area contributed by atoms with Gasteiger partial charge >= 0.3 is 17.8 Å². The summed E-state index contributed by atoms with van der Waals surface area (Å²) in [5, 5.41) is 12.2. The number of ether oxygens (including phenoxy) is 1. The van der Waals surface area contributed by atoms with Crippen molar-refractivity contribution in [3.8, 4) is 5.69 Å². The Kier molecular flexibility index (Phi) is 6.20. The third kappa shape index (κ3) is 4.88. The van der Waals surface area contributed by atoms with Crippen molar-refractivity contribution in [3.05, 3.63) is 74.9 Å². The number of hydrogen-bond donors (Lipinski definition) is 2. The predicted octanol–water partition coefficient (Wildman–Crippen LogP) is 2.21. The maximum atomic E-state index is 12.9. The van der Waals surface area contributed by atoms with Gasteiger partial charge in [0.25, 0.3) is 5.56 Å². The molecular formula is C23H25N3O6. The smallest absolute Gasteiger partial charge is 0.408 e. The van der Waals surface area contributed by atoms with Gasteiger partial charge in [0, 0.05) is 13.5 Å². The molecule has 3 rings (SSSR count). The first-order chi connectivity index (χ1) is 15.0. The zero-order valence-corrected chi connectivity index (χ0v) is 18.3. The molecule has 1 heterocycles. The van der Waals surface area contributed by atoms with Gasteiger partial charge in [0.2, 0.25) is 0 Å². The average molecular weight is 439 g/mol. The summed E-state index contributed by atoms with van der Waals surface area (Å²) < 4.78 is 7.59. The quantitative estimate of drug-likeness (QED) is 0.629. The van der Waals surface area contributed by atoms with Crippen molar-refractivity contribution in [1.29, 1.82) is 0 Å². The van der Waals surface area contributed by atoms with E-state index in [1.165, 1.54) is 4.57 Å². The number of rotatable bonds is 5. The number of fused-ring (bicyclic) bond motifs is 1. The van der Waals surface area contributed by atoms with E-state index in [-0.39, 0.29) is 6.42 Å². The molecule has 2 aromatic carbocycles. The SMILES string of the molecule is Cn1c(=O)n(-c2ccc(C[C@H](NC(=O)OC(C)(C)C)C(=O)O)cc2)c(=O)c2ccccc21. The van der Waals surface area contributed by atoms with Crippen LogP contribution >= 0.6 is 0 Å². The number of carbonyl (C=O) groups is 2. The van der Waals surface area contributed by atoms with Crippen molar-refractivity contribution in [1.82, 2.24) is 14.5 Å². The van der Waals surface area contributed by atoms with Gasteiger partial charge in [0.05, 0.1) is 16.6 Å². The molecule has 0 aliphatic heterocycles. The van der Waals surface area contributed by atoms with Crippen molar-refractivity contribution < 1.29 is 19.4 Å². The molecule has 1 aromatic heterocycles. The standard InChI is InChI=1S/C23H25N3O6/c1-23(2,3)32-21(30)24-17(20(28)29)13-14-9-11-15(12-10-14)26-19(27)16-7-5-6-8-18(16)25(4)22(26)31/h5-12,17H,13H2,1-4H3,(H,24,30)(H,28,29)/t17-/m0/s1. The third-order valence-corrected chi connectivity index (χ3v) is 4.80. The average Bonchev–Trinajstić information content (AvgIpc) is 2.71. The number of para-hydroxylation sites is 1. The number of aryl methyl sites for hydroxylation is 1. The molecule has 1 atom stereocenters. The minimum absolute atomic E-state index is 0.000511. The Bertz CT molecular complexity index is 1280. The molecule has 32 heavy (non-hydrogen) atoms. The number of carboxylic acid groups (broad SMARTS) is 1. The molecule has 0 unspecified atom stereocenters. The van der Waals surface area contributed by atoms with Gasteiger partial charge in [-0.25, -0.2) is 19.0 Å².